The lowest BCUT2D eigenvalue weighted by Crippen LogP contribution is -1.96. The molecule has 1 heterocycles. The number of carbonyl (C=O) groups is 1. The third kappa shape index (κ3) is 0.782. The topological polar surface area (TPSA) is 60.9 Å². The van der Waals surface area contributed by atoms with Gasteiger partial charge in [-0.1, -0.05) is 0 Å². The van der Waals surface area contributed by atoms with E-state index in [2.05, 4.69) is 4.98 Å². The highest BCUT2D eigenvalue weighted by Gasteiger charge is 2.00. The Bertz CT molecular complexity index is 228. The number of carbonyl (C=O) groups excluding carboxylic acids is 1. The van der Waals surface area contributed by atoms with Crippen LogP contribution in [0.2, 0.25) is 0 Å². The van der Waals surface area contributed by atoms with E-state index in [1.54, 1.807) is 11.6 Å². The molecule has 0 aliphatic rings. The van der Waals surface area contributed by atoms with Crippen molar-refractivity contribution in [3.05, 3.63) is 12.0 Å². The van der Waals surface area contributed by atoms with Crippen molar-refractivity contribution in [1.29, 1.82) is 0 Å². The molecule has 4 heteroatoms. The van der Waals surface area contributed by atoms with Gasteiger partial charge in [-0.2, -0.15) is 0 Å². The van der Waals surface area contributed by atoms with Crippen molar-refractivity contribution in [3.8, 4) is 0 Å². The van der Waals surface area contributed by atoms with Crippen LogP contribution >= 0.6 is 0 Å². The Balaban J connectivity index is 3.18. The number of nitrogens with two attached hydrogens (primary N) is 1. The molecule has 1 aromatic heterocycles. The number of aromatic nitrogens is 2. The van der Waals surface area contributed by atoms with Crippen LogP contribution in [0, 0.1) is 0 Å². The third-order valence-corrected chi connectivity index (χ3v) is 1.12. The van der Waals surface area contributed by atoms with Gasteiger partial charge in [-0.3, -0.25) is 4.79 Å². The molecular weight excluding hydrogens is 118 g/mol. The first-order valence-corrected chi connectivity index (χ1v) is 2.47. The quantitative estimate of drug-likeness (QED) is 0.529. The van der Waals surface area contributed by atoms with Gasteiger partial charge in [0.05, 0.1) is 6.33 Å². The van der Waals surface area contributed by atoms with E-state index in [1.165, 1.54) is 6.33 Å². The van der Waals surface area contributed by atoms with Gasteiger partial charge in [-0.15, -0.1) is 0 Å². The van der Waals surface area contributed by atoms with Crippen LogP contribution in [0.5, 0.6) is 0 Å². The molecule has 0 bridgehead atoms. The number of nitrogen functional groups attached to an aromatic ring is 1. The van der Waals surface area contributed by atoms with Crippen molar-refractivity contribution >= 4 is 12.1 Å². The summed E-state index contributed by atoms with van der Waals surface area (Å²) in [4.78, 5) is 13.8. The van der Waals surface area contributed by atoms with Gasteiger partial charge in [-0.05, 0) is 0 Å². The van der Waals surface area contributed by atoms with Crippen molar-refractivity contribution in [2.45, 2.75) is 0 Å². The number of hydrogen-bond acceptors (Lipinski definition) is 3. The lowest BCUT2D eigenvalue weighted by atomic mass is 10.5. The summed E-state index contributed by atoms with van der Waals surface area (Å²) in [7, 11) is 1.73. The molecule has 1 rings (SSSR count). The summed E-state index contributed by atoms with van der Waals surface area (Å²) < 4.78 is 1.59. The van der Waals surface area contributed by atoms with E-state index in [1.807, 2.05) is 0 Å². The van der Waals surface area contributed by atoms with Crippen molar-refractivity contribution < 1.29 is 4.79 Å². The zero-order chi connectivity index (χ0) is 6.85. The molecule has 0 saturated heterocycles. The highest BCUT2D eigenvalue weighted by atomic mass is 16.1. The van der Waals surface area contributed by atoms with E-state index in [0.717, 1.165) is 0 Å². The third-order valence-electron chi connectivity index (χ3n) is 1.12. The maximum Gasteiger partial charge on any atom is 0.172 e. The first kappa shape index (κ1) is 5.81. The highest BCUT2D eigenvalue weighted by Crippen LogP contribution is 2.02. The Morgan fingerprint density at radius 3 is 2.78 bits per heavy atom. The first-order chi connectivity index (χ1) is 4.25. The predicted molar refractivity (Wildman–Crippen MR) is 33.0 cm³/mol. The SMILES string of the molecule is Cn1cnc(C=O)c1N. The zero-order valence-corrected chi connectivity index (χ0v) is 5.03. The molecule has 0 aliphatic heterocycles. The van der Waals surface area contributed by atoms with Gasteiger partial charge in [-0.25, -0.2) is 4.98 Å². The number of imidazole rings is 1. The predicted octanol–water partition coefficient (Wildman–Crippen LogP) is -0.185. The van der Waals surface area contributed by atoms with E-state index >= 15 is 0 Å². The molecule has 0 atom stereocenters. The summed E-state index contributed by atoms with van der Waals surface area (Å²) in [6.45, 7) is 0. The Kier molecular flexibility index (Phi) is 1.22. The van der Waals surface area contributed by atoms with Crippen LogP contribution in [0.15, 0.2) is 6.33 Å². The summed E-state index contributed by atoms with van der Waals surface area (Å²) in [5.41, 5.74) is 5.69. The molecule has 0 unspecified atom stereocenters. The Morgan fingerprint density at radius 1 is 1.89 bits per heavy atom. The van der Waals surface area contributed by atoms with E-state index < -0.39 is 0 Å². The van der Waals surface area contributed by atoms with Gasteiger partial charge < -0.3 is 10.3 Å². The molecular formula is C5H7N3O. The number of aryl methyl sites for hydroxylation is 1. The fourth-order valence-electron chi connectivity index (χ4n) is 0.549. The van der Waals surface area contributed by atoms with Crippen LogP contribution in [-0.2, 0) is 7.05 Å². The summed E-state index contributed by atoms with van der Waals surface area (Å²) in [6.07, 6.45) is 2.13. The molecule has 4 nitrogen and oxygen atoms in total. The molecule has 0 amide bonds. The molecule has 0 aliphatic carbocycles. The Morgan fingerprint density at radius 2 is 2.56 bits per heavy atom. The molecule has 0 aromatic carbocycles. The second-order valence-electron chi connectivity index (χ2n) is 1.74. The van der Waals surface area contributed by atoms with Crippen molar-refractivity contribution in [2.75, 3.05) is 5.73 Å². The average molecular weight is 125 g/mol. The van der Waals surface area contributed by atoms with Gasteiger partial charge in [0.2, 0.25) is 0 Å². The van der Waals surface area contributed by atoms with Gasteiger partial charge >= 0.3 is 0 Å². The molecule has 0 saturated carbocycles. The lowest BCUT2D eigenvalue weighted by molar-refractivity contribution is 0.112. The van der Waals surface area contributed by atoms with Crippen molar-refractivity contribution in [2.24, 2.45) is 7.05 Å². The lowest BCUT2D eigenvalue weighted by Gasteiger charge is -1.90. The molecule has 9 heavy (non-hydrogen) atoms. The van der Waals surface area contributed by atoms with Crippen LogP contribution in [0.4, 0.5) is 5.82 Å². The fraction of sp³-hybridized carbons (Fsp3) is 0.200. The Labute approximate surface area is 52.3 Å². The normalized spacial score (nSPS) is 9.44. The summed E-state index contributed by atoms with van der Waals surface area (Å²) in [5, 5.41) is 0. The second kappa shape index (κ2) is 1.89. The van der Waals surface area contributed by atoms with Crippen LogP contribution < -0.4 is 5.73 Å². The number of anilines is 1. The molecule has 48 valence electrons. The first-order valence-electron chi connectivity index (χ1n) is 2.47. The minimum absolute atomic E-state index is 0.303. The number of nitrogens with zero attached hydrogens (tertiary/aromatic N) is 2. The minimum Gasteiger partial charge on any atom is -0.383 e. The highest BCUT2D eigenvalue weighted by molar-refractivity contribution is 5.78. The fourth-order valence-corrected chi connectivity index (χ4v) is 0.549. The largest absolute Gasteiger partial charge is 0.383 e. The molecule has 2 N–H and O–H groups in total. The summed E-state index contributed by atoms with van der Waals surface area (Å²) >= 11 is 0. The van der Waals surface area contributed by atoms with E-state index in [-0.39, 0.29) is 0 Å². The molecule has 0 radical (unpaired) electrons. The second-order valence-corrected chi connectivity index (χ2v) is 1.74. The van der Waals surface area contributed by atoms with Crippen molar-refractivity contribution in [1.82, 2.24) is 9.55 Å². The Hall–Kier alpha value is -1.32. The molecule has 0 fully saturated rings. The molecule has 1 aromatic rings. The standard InChI is InChI=1S/C5H7N3O/c1-8-3-7-4(2-9)5(8)6/h2-3H,6H2,1H3. The van der Waals surface area contributed by atoms with Crippen LogP contribution in [-0.4, -0.2) is 15.8 Å². The molecule has 0 spiro atoms. The number of hydrogen-bond donors (Lipinski definition) is 1. The maximum absolute atomic E-state index is 10.1. The van der Waals surface area contributed by atoms with E-state index in [9.17, 15) is 4.79 Å². The number of rotatable bonds is 1. The number of aldehydes is 1. The van der Waals surface area contributed by atoms with Gasteiger partial charge in [0, 0.05) is 7.05 Å². The maximum atomic E-state index is 10.1. The van der Waals surface area contributed by atoms with E-state index in [0.29, 0.717) is 17.8 Å². The van der Waals surface area contributed by atoms with Crippen LogP contribution in [0.25, 0.3) is 0 Å². The smallest absolute Gasteiger partial charge is 0.172 e. The van der Waals surface area contributed by atoms with Crippen LogP contribution in [0.1, 0.15) is 10.5 Å². The summed E-state index contributed by atoms with van der Waals surface area (Å²) in [6, 6.07) is 0. The van der Waals surface area contributed by atoms with Crippen LogP contribution in [0.3, 0.4) is 0 Å². The van der Waals surface area contributed by atoms with Gasteiger partial charge in [0.1, 0.15) is 11.5 Å². The van der Waals surface area contributed by atoms with E-state index in [4.69, 9.17) is 5.73 Å². The van der Waals surface area contributed by atoms with Gasteiger partial charge in [0.25, 0.3) is 0 Å². The average Bonchev–Trinajstić information content (AvgIpc) is 2.15. The monoisotopic (exact) mass is 125 g/mol. The summed E-state index contributed by atoms with van der Waals surface area (Å²) in [5.74, 6) is 0.407. The van der Waals surface area contributed by atoms with Crippen molar-refractivity contribution in [3.63, 3.8) is 0 Å². The minimum atomic E-state index is 0.303. The van der Waals surface area contributed by atoms with Gasteiger partial charge in [0.15, 0.2) is 6.29 Å². The zero-order valence-electron chi connectivity index (χ0n) is 5.03.